The molecule has 3 rings (SSSR count). The molecule has 1 fully saturated rings. The monoisotopic (exact) mass is 316 g/mol. The number of thiazole rings is 1. The maximum absolute atomic E-state index is 12.2. The Balaban J connectivity index is 1.58. The number of anilines is 1. The maximum Gasteiger partial charge on any atom is 0.271 e. The maximum atomic E-state index is 12.2. The molecule has 0 aliphatic carbocycles. The van der Waals surface area contributed by atoms with Crippen molar-refractivity contribution in [1.82, 2.24) is 15.6 Å². The van der Waals surface area contributed by atoms with Crippen molar-refractivity contribution in [2.45, 2.75) is 25.3 Å². The highest BCUT2D eigenvalue weighted by Crippen LogP contribution is 2.26. The van der Waals surface area contributed by atoms with E-state index in [0.29, 0.717) is 18.2 Å². The van der Waals surface area contributed by atoms with E-state index >= 15 is 0 Å². The van der Waals surface area contributed by atoms with E-state index in [9.17, 15) is 4.79 Å². The SMILES string of the molecule is Nc1ccc(CNC(=O)c2csc(C3CCCNC3)n2)cc1. The Morgan fingerprint density at radius 1 is 1.41 bits per heavy atom. The van der Waals surface area contributed by atoms with E-state index in [4.69, 9.17) is 5.73 Å². The number of nitrogen functional groups attached to an aromatic ring is 1. The lowest BCUT2D eigenvalue weighted by Gasteiger charge is -2.20. The number of amides is 1. The molecule has 1 amide bonds. The molecule has 22 heavy (non-hydrogen) atoms. The first kappa shape index (κ1) is 15.0. The molecule has 1 aliphatic rings. The zero-order valence-electron chi connectivity index (χ0n) is 12.3. The van der Waals surface area contributed by atoms with Crippen molar-refractivity contribution in [2.75, 3.05) is 18.8 Å². The van der Waals surface area contributed by atoms with Gasteiger partial charge in [0, 0.05) is 30.1 Å². The lowest BCUT2D eigenvalue weighted by atomic mass is 10.0. The molecule has 1 aromatic carbocycles. The summed E-state index contributed by atoms with van der Waals surface area (Å²) in [6.07, 6.45) is 2.32. The van der Waals surface area contributed by atoms with E-state index in [1.165, 1.54) is 6.42 Å². The molecule has 6 heteroatoms. The molecule has 4 N–H and O–H groups in total. The van der Waals surface area contributed by atoms with Crippen LogP contribution in [0.1, 0.15) is 39.8 Å². The van der Waals surface area contributed by atoms with Gasteiger partial charge in [-0.15, -0.1) is 11.3 Å². The lowest BCUT2D eigenvalue weighted by molar-refractivity contribution is 0.0946. The summed E-state index contributed by atoms with van der Waals surface area (Å²) in [5.41, 5.74) is 7.91. The van der Waals surface area contributed by atoms with E-state index in [1.54, 1.807) is 11.3 Å². The summed E-state index contributed by atoms with van der Waals surface area (Å²) in [6.45, 7) is 2.52. The molecule has 1 aliphatic heterocycles. The van der Waals surface area contributed by atoms with Crippen molar-refractivity contribution >= 4 is 22.9 Å². The summed E-state index contributed by atoms with van der Waals surface area (Å²) in [5.74, 6) is 0.320. The molecule has 1 aromatic heterocycles. The summed E-state index contributed by atoms with van der Waals surface area (Å²) in [7, 11) is 0. The fraction of sp³-hybridized carbons (Fsp3) is 0.375. The van der Waals surface area contributed by atoms with Gasteiger partial charge < -0.3 is 16.4 Å². The third-order valence-electron chi connectivity index (χ3n) is 3.83. The number of nitrogens with one attached hydrogen (secondary N) is 2. The first-order valence-corrected chi connectivity index (χ1v) is 8.39. The molecule has 2 aromatic rings. The minimum atomic E-state index is -0.122. The number of hydrogen-bond acceptors (Lipinski definition) is 5. The largest absolute Gasteiger partial charge is 0.399 e. The van der Waals surface area contributed by atoms with Gasteiger partial charge in [0.2, 0.25) is 0 Å². The van der Waals surface area contributed by atoms with Gasteiger partial charge in [0.25, 0.3) is 5.91 Å². The Hall–Kier alpha value is -1.92. The second kappa shape index (κ2) is 6.89. The Morgan fingerprint density at radius 2 is 2.23 bits per heavy atom. The highest BCUT2D eigenvalue weighted by atomic mass is 32.1. The molecule has 1 saturated heterocycles. The topological polar surface area (TPSA) is 80.0 Å². The number of nitrogens with two attached hydrogens (primary N) is 1. The van der Waals surface area contributed by atoms with Gasteiger partial charge in [-0.2, -0.15) is 0 Å². The van der Waals surface area contributed by atoms with Crippen LogP contribution in [0.3, 0.4) is 0 Å². The van der Waals surface area contributed by atoms with Gasteiger partial charge in [-0.3, -0.25) is 4.79 Å². The highest BCUT2D eigenvalue weighted by Gasteiger charge is 2.20. The number of carbonyl (C=O) groups is 1. The predicted molar refractivity (Wildman–Crippen MR) is 89.0 cm³/mol. The summed E-state index contributed by atoms with van der Waals surface area (Å²) >= 11 is 1.58. The van der Waals surface area contributed by atoms with Crippen molar-refractivity contribution in [3.8, 4) is 0 Å². The summed E-state index contributed by atoms with van der Waals surface area (Å²) < 4.78 is 0. The average molecular weight is 316 g/mol. The van der Waals surface area contributed by atoms with Crippen molar-refractivity contribution in [3.63, 3.8) is 0 Å². The van der Waals surface area contributed by atoms with Crippen LogP contribution in [0.4, 0.5) is 5.69 Å². The molecule has 0 spiro atoms. The number of aromatic nitrogens is 1. The standard InChI is InChI=1S/C16H20N4OS/c17-13-5-3-11(4-6-13)8-19-15(21)14-10-22-16(20-14)12-2-1-7-18-9-12/h3-6,10,12,18H,1-2,7-9,17H2,(H,19,21). The van der Waals surface area contributed by atoms with Crippen LogP contribution in [0.15, 0.2) is 29.6 Å². The van der Waals surface area contributed by atoms with Crippen LogP contribution in [0.25, 0.3) is 0 Å². The summed E-state index contributed by atoms with van der Waals surface area (Å²) in [4.78, 5) is 16.7. The van der Waals surface area contributed by atoms with Crippen LogP contribution in [0.5, 0.6) is 0 Å². The van der Waals surface area contributed by atoms with Gasteiger partial charge in [0.1, 0.15) is 5.69 Å². The van der Waals surface area contributed by atoms with Crippen LogP contribution in [-0.4, -0.2) is 24.0 Å². The van der Waals surface area contributed by atoms with Crippen LogP contribution < -0.4 is 16.4 Å². The van der Waals surface area contributed by atoms with Crippen LogP contribution >= 0.6 is 11.3 Å². The Morgan fingerprint density at radius 3 is 2.95 bits per heavy atom. The first-order valence-electron chi connectivity index (χ1n) is 7.51. The van der Waals surface area contributed by atoms with E-state index < -0.39 is 0 Å². The Kier molecular flexibility index (Phi) is 4.70. The molecular weight excluding hydrogens is 296 g/mol. The Bertz CT molecular complexity index is 632. The number of piperidine rings is 1. The number of rotatable bonds is 4. The van der Waals surface area contributed by atoms with Gasteiger partial charge >= 0.3 is 0 Å². The molecule has 2 heterocycles. The van der Waals surface area contributed by atoms with Gasteiger partial charge in [-0.1, -0.05) is 12.1 Å². The van der Waals surface area contributed by atoms with Gasteiger partial charge in [-0.25, -0.2) is 4.98 Å². The van der Waals surface area contributed by atoms with Gasteiger partial charge in [0.05, 0.1) is 5.01 Å². The molecule has 1 unspecified atom stereocenters. The molecule has 0 saturated carbocycles. The number of carbonyl (C=O) groups excluding carboxylic acids is 1. The number of benzene rings is 1. The van der Waals surface area contributed by atoms with Crippen LogP contribution in [0, 0.1) is 0 Å². The quantitative estimate of drug-likeness (QED) is 0.755. The molecule has 5 nitrogen and oxygen atoms in total. The molecule has 0 radical (unpaired) electrons. The minimum Gasteiger partial charge on any atom is -0.399 e. The summed E-state index contributed by atoms with van der Waals surface area (Å²) in [5, 5.41) is 9.19. The van der Waals surface area contributed by atoms with E-state index in [1.807, 2.05) is 29.6 Å². The molecular formula is C16H20N4OS. The smallest absolute Gasteiger partial charge is 0.271 e. The average Bonchev–Trinajstić information content (AvgIpc) is 3.05. The first-order chi connectivity index (χ1) is 10.7. The zero-order valence-corrected chi connectivity index (χ0v) is 13.2. The highest BCUT2D eigenvalue weighted by molar-refractivity contribution is 7.09. The second-order valence-corrected chi connectivity index (χ2v) is 6.43. The molecule has 116 valence electrons. The second-order valence-electron chi connectivity index (χ2n) is 5.54. The fourth-order valence-corrected chi connectivity index (χ4v) is 3.49. The minimum absolute atomic E-state index is 0.122. The van der Waals surface area contributed by atoms with Crippen molar-refractivity contribution in [2.24, 2.45) is 0 Å². The zero-order chi connectivity index (χ0) is 15.4. The lowest BCUT2D eigenvalue weighted by Crippen LogP contribution is -2.28. The molecule has 0 bridgehead atoms. The van der Waals surface area contributed by atoms with Gasteiger partial charge in [0.15, 0.2) is 0 Å². The van der Waals surface area contributed by atoms with Crippen molar-refractivity contribution in [3.05, 3.63) is 45.9 Å². The van der Waals surface area contributed by atoms with E-state index in [0.717, 1.165) is 35.8 Å². The fourth-order valence-electron chi connectivity index (χ4n) is 2.55. The van der Waals surface area contributed by atoms with Crippen LogP contribution in [-0.2, 0) is 6.54 Å². The van der Waals surface area contributed by atoms with Crippen molar-refractivity contribution in [1.29, 1.82) is 0 Å². The normalized spacial score (nSPS) is 18.1. The molecule has 1 atom stereocenters. The third-order valence-corrected chi connectivity index (χ3v) is 4.84. The van der Waals surface area contributed by atoms with E-state index in [2.05, 4.69) is 15.6 Å². The van der Waals surface area contributed by atoms with Gasteiger partial charge in [-0.05, 0) is 37.1 Å². The third kappa shape index (κ3) is 3.64. The number of hydrogen-bond donors (Lipinski definition) is 3. The summed E-state index contributed by atoms with van der Waals surface area (Å²) in [6, 6.07) is 7.49. The van der Waals surface area contributed by atoms with E-state index in [-0.39, 0.29) is 5.91 Å². The van der Waals surface area contributed by atoms with Crippen LogP contribution in [0.2, 0.25) is 0 Å². The Labute approximate surface area is 133 Å². The number of nitrogens with zero attached hydrogens (tertiary/aromatic N) is 1. The predicted octanol–water partition coefficient (Wildman–Crippen LogP) is 2.12. The van der Waals surface area contributed by atoms with Crippen molar-refractivity contribution < 1.29 is 4.79 Å².